The molecule has 0 aromatic heterocycles. The molecule has 2 rings (SSSR count). The summed E-state index contributed by atoms with van der Waals surface area (Å²) in [5.41, 5.74) is 2.43. The van der Waals surface area contributed by atoms with Crippen LogP contribution in [0.2, 0.25) is 5.02 Å². The molecule has 1 N–H and O–H groups in total. The fraction of sp³-hybridized carbons (Fsp3) is 0.188. The van der Waals surface area contributed by atoms with Gasteiger partial charge in [0.1, 0.15) is 11.8 Å². The number of ether oxygens (including phenoxy) is 1. The van der Waals surface area contributed by atoms with Crippen molar-refractivity contribution in [3.63, 3.8) is 0 Å². The minimum atomic E-state index is 0.454. The van der Waals surface area contributed by atoms with Gasteiger partial charge >= 0.3 is 0 Å². The first-order valence-corrected chi connectivity index (χ1v) is 6.76. The number of hydrogen-bond donors (Lipinski definition) is 1. The van der Waals surface area contributed by atoms with Gasteiger partial charge in [0, 0.05) is 17.8 Å². The maximum atomic E-state index is 8.84. The molecule has 0 saturated carbocycles. The Labute approximate surface area is 123 Å². The Morgan fingerprint density at radius 2 is 2.05 bits per heavy atom. The topological polar surface area (TPSA) is 45.0 Å². The van der Waals surface area contributed by atoms with Crippen molar-refractivity contribution >= 4 is 17.3 Å². The molecule has 0 radical (unpaired) electrons. The molecule has 0 amide bonds. The fourth-order valence-electron chi connectivity index (χ4n) is 1.86. The molecule has 4 heteroatoms. The Kier molecular flexibility index (Phi) is 4.86. The lowest BCUT2D eigenvalue weighted by atomic mass is 10.2. The molecule has 0 saturated heterocycles. The smallest absolute Gasteiger partial charge is 0.124 e. The van der Waals surface area contributed by atoms with Crippen LogP contribution in [0.4, 0.5) is 5.69 Å². The Morgan fingerprint density at radius 1 is 1.25 bits per heavy atom. The van der Waals surface area contributed by atoms with Gasteiger partial charge in [0.25, 0.3) is 0 Å². The molecule has 0 aliphatic heterocycles. The Morgan fingerprint density at radius 3 is 2.75 bits per heavy atom. The van der Waals surface area contributed by atoms with Gasteiger partial charge in [0.05, 0.1) is 17.2 Å². The average Bonchev–Trinajstić information content (AvgIpc) is 2.47. The number of hydrogen-bond acceptors (Lipinski definition) is 3. The van der Waals surface area contributed by atoms with E-state index in [4.69, 9.17) is 21.6 Å². The Bertz CT molecular complexity index is 635. The highest BCUT2D eigenvalue weighted by atomic mass is 35.5. The molecular weight excluding hydrogens is 272 g/mol. The molecule has 0 spiro atoms. The molecule has 102 valence electrons. The van der Waals surface area contributed by atoms with Crippen LogP contribution in [-0.4, -0.2) is 6.61 Å². The van der Waals surface area contributed by atoms with Crippen LogP contribution in [0.25, 0.3) is 0 Å². The van der Waals surface area contributed by atoms with Crippen LogP contribution in [0.15, 0.2) is 42.5 Å². The van der Waals surface area contributed by atoms with Crippen molar-refractivity contribution in [2.75, 3.05) is 11.9 Å². The van der Waals surface area contributed by atoms with E-state index in [-0.39, 0.29) is 0 Å². The molecule has 0 bridgehead atoms. The highest BCUT2D eigenvalue weighted by Gasteiger charge is 2.04. The van der Waals surface area contributed by atoms with Gasteiger partial charge < -0.3 is 10.1 Å². The second-order valence-corrected chi connectivity index (χ2v) is 4.61. The first kappa shape index (κ1) is 14.2. The van der Waals surface area contributed by atoms with Crippen LogP contribution >= 0.6 is 11.6 Å². The Hall–Kier alpha value is -2.18. The van der Waals surface area contributed by atoms with Crippen LogP contribution < -0.4 is 10.1 Å². The highest BCUT2D eigenvalue weighted by molar-refractivity contribution is 6.32. The zero-order valence-corrected chi connectivity index (χ0v) is 11.9. The summed E-state index contributed by atoms with van der Waals surface area (Å²) >= 11 is 6.01. The number of nitrogens with zero attached hydrogens (tertiary/aromatic N) is 1. The molecule has 2 aromatic rings. The van der Waals surface area contributed by atoms with E-state index in [1.165, 1.54) is 0 Å². The van der Waals surface area contributed by atoms with Crippen molar-refractivity contribution in [2.24, 2.45) is 0 Å². The van der Waals surface area contributed by atoms with E-state index in [0.717, 1.165) is 17.0 Å². The largest absolute Gasteiger partial charge is 0.494 e. The average molecular weight is 287 g/mol. The maximum absolute atomic E-state index is 8.84. The number of nitrogens with one attached hydrogen (secondary N) is 1. The summed E-state index contributed by atoms with van der Waals surface area (Å²) in [6, 6.07) is 15.2. The van der Waals surface area contributed by atoms with Gasteiger partial charge in [-0.2, -0.15) is 5.26 Å². The quantitative estimate of drug-likeness (QED) is 0.895. The third-order valence-electron chi connectivity index (χ3n) is 2.84. The number of benzene rings is 2. The number of para-hydroxylation sites is 1. The third-order valence-corrected chi connectivity index (χ3v) is 3.16. The molecule has 0 aliphatic rings. The summed E-state index contributed by atoms with van der Waals surface area (Å²) in [4.78, 5) is 0. The van der Waals surface area contributed by atoms with Crippen LogP contribution in [0, 0.1) is 11.3 Å². The molecule has 0 fully saturated rings. The first-order chi connectivity index (χ1) is 9.74. The monoisotopic (exact) mass is 286 g/mol. The van der Waals surface area contributed by atoms with E-state index in [2.05, 4.69) is 5.32 Å². The van der Waals surface area contributed by atoms with Gasteiger partial charge in [-0.1, -0.05) is 29.8 Å². The zero-order valence-electron chi connectivity index (χ0n) is 11.2. The molecule has 3 nitrogen and oxygen atoms in total. The lowest BCUT2D eigenvalue weighted by molar-refractivity contribution is 0.337. The summed E-state index contributed by atoms with van der Waals surface area (Å²) in [5.74, 6) is 0.877. The third kappa shape index (κ3) is 3.43. The summed E-state index contributed by atoms with van der Waals surface area (Å²) < 4.78 is 5.58. The van der Waals surface area contributed by atoms with Crippen LogP contribution in [0.5, 0.6) is 5.75 Å². The maximum Gasteiger partial charge on any atom is 0.124 e. The predicted molar refractivity (Wildman–Crippen MR) is 81.1 cm³/mol. The number of halogens is 1. The number of nitriles is 1. The molecule has 20 heavy (non-hydrogen) atoms. The van der Waals surface area contributed by atoms with Gasteiger partial charge in [-0.3, -0.25) is 0 Å². The molecular formula is C16H15ClN2O. The van der Waals surface area contributed by atoms with Gasteiger partial charge in [0.15, 0.2) is 0 Å². The second kappa shape index (κ2) is 6.83. The van der Waals surface area contributed by atoms with Crippen molar-refractivity contribution in [1.82, 2.24) is 0 Å². The van der Waals surface area contributed by atoms with Gasteiger partial charge in [-0.15, -0.1) is 0 Å². The summed E-state index contributed by atoms with van der Waals surface area (Å²) in [5, 5.41) is 12.6. The number of anilines is 1. The van der Waals surface area contributed by atoms with Crippen molar-refractivity contribution in [2.45, 2.75) is 13.5 Å². The molecule has 0 heterocycles. The molecule has 0 atom stereocenters. The van der Waals surface area contributed by atoms with E-state index < -0.39 is 0 Å². The van der Waals surface area contributed by atoms with Crippen molar-refractivity contribution in [1.29, 1.82) is 5.26 Å². The lowest BCUT2D eigenvalue weighted by Gasteiger charge is -2.12. The summed E-state index contributed by atoms with van der Waals surface area (Å²) in [7, 11) is 0. The SMILES string of the molecule is CCOc1ccccc1CNc1ccc(C#N)c(Cl)c1. The molecule has 0 aliphatic carbocycles. The molecule has 0 unspecified atom stereocenters. The van der Waals surface area contributed by atoms with Gasteiger partial charge in [0.2, 0.25) is 0 Å². The molecule has 2 aromatic carbocycles. The summed E-state index contributed by atoms with van der Waals surface area (Å²) in [6.45, 7) is 3.24. The predicted octanol–water partition coefficient (Wildman–Crippen LogP) is 4.22. The second-order valence-electron chi connectivity index (χ2n) is 4.20. The minimum Gasteiger partial charge on any atom is -0.494 e. The van der Waals surface area contributed by atoms with Crippen molar-refractivity contribution in [3.8, 4) is 11.8 Å². The fourth-order valence-corrected chi connectivity index (χ4v) is 2.08. The van der Waals surface area contributed by atoms with E-state index in [0.29, 0.717) is 23.7 Å². The lowest BCUT2D eigenvalue weighted by Crippen LogP contribution is -2.03. The van der Waals surface area contributed by atoms with Crippen LogP contribution in [-0.2, 0) is 6.54 Å². The van der Waals surface area contributed by atoms with Gasteiger partial charge in [-0.05, 0) is 31.2 Å². The number of rotatable bonds is 5. The van der Waals surface area contributed by atoms with Crippen molar-refractivity contribution < 1.29 is 4.74 Å². The van der Waals surface area contributed by atoms with E-state index in [9.17, 15) is 0 Å². The highest BCUT2D eigenvalue weighted by Crippen LogP contribution is 2.23. The summed E-state index contributed by atoms with van der Waals surface area (Å²) in [6.07, 6.45) is 0. The van der Waals surface area contributed by atoms with E-state index in [1.54, 1.807) is 12.1 Å². The first-order valence-electron chi connectivity index (χ1n) is 6.38. The standard InChI is InChI=1S/C16H15ClN2O/c1-2-20-16-6-4-3-5-13(16)11-19-14-8-7-12(10-18)15(17)9-14/h3-9,19H,2,11H2,1H3. The minimum absolute atomic E-state index is 0.454. The van der Waals surface area contributed by atoms with Crippen LogP contribution in [0.3, 0.4) is 0 Å². The van der Waals surface area contributed by atoms with E-state index in [1.807, 2.05) is 43.3 Å². The van der Waals surface area contributed by atoms with Gasteiger partial charge in [-0.25, -0.2) is 0 Å². The van der Waals surface area contributed by atoms with E-state index >= 15 is 0 Å². The normalized spacial score (nSPS) is 9.85. The van der Waals surface area contributed by atoms with Crippen molar-refractivity contribution in [3.05, 3.63) is 58.6 Å². The zero-order chi connectivity index (χ0) is 14.4. The Balaban J connectivity index is 2.09. The van der Waals surface area contributed by atoms with Crippen LogP contribution in [0.1, 0.15) is 18.1 Å².